The molecule has 0 N–H and O–H groups in total. The summed E-state index contributed by atoms with van der Waals surface area (Å²) in [7, 11) is 0. The van der Waals surface area contributed by atoms with E-state index in [0.717, 1.165) is 36.4 Å². The lowest BCUT2D eigenvalue weighted by Crippen LogP contribution is -2.39. The van der Waals surface area contributed by atoms with Gasteiger partial charge < -0.3 is 4.90 Å². The van der Waals surface area contributed by atoms with Crippen LogP contribution < -0.4 is 4.90 Å². The predicted octanol–water partition coefficient (Wildman–Crippen LogP) is 4.15. The van der Waals surface area contributed by atoms with Gasteiger partial charge >= 0.3 is 0 Å². The molecule has 144 valence electrons. The van der Waals surface area contributed by atoms with E-state index in [9.17, 15) is 14.0 Å². The molecule has 2 aliphatic rings. The second-order valence-electron chi connectivity index (χ2n) is 7.68. The van der Waals surface area contributed by atoms with Gasteiger partial charge in [0, 0.05) is 13.1 Å². The molecule has 2 amide bonds. The molecule has 0 aromatic heterocycles. The minimum absolute atomic E-state index is 0.00201. The Labute approximate surface area is 164 Å². The Hall–Kier alpha value is -2.95. The highest BCUT2D eigenvalue weighted by molar-refractivity contribution is 6.45. The van der Waals surface area contributed by atoms with Crippen LogP contribution >= 0.6 is 0 Å². The third-order valence-electron chi connectivity index (χ3n) is 5.47. The first-order valence-corrected chi connectivity index (χ1v) is 9.67. The molecule has 2 aromatic carbocycles. The molecule has 4 rings (SSSR count). The van der Waals surface area contributed by atoms with Crippen molar-refractivity contribution in [2.75, 3.05) is 18.0 Å². The quantitative estimate of drug-likeness (QED) is 0.754. The summed E-state index contributed by atoms with van der Waals surface area (Å²) in [4.78, 5) is 29.7. The first kappa shape index (κ1) is 18.4. The Morgan fingerprint density at radius 2 is 1.71 bits per heavy atom. The normalized spacial score (nSPS) is 20.3. The molecule has 1 fully saturated rings. The van der Waals surface area contributed by atoms with Crippen LogP contribution in [0.5, 0.6) is 0 Å². The van der Waals surface area contributed by atoms with Crippen molar-refractivity contribution >= 4 is 23.1 Å². The zero-order valence-corrected chi connectivity index (χ0v) is 16.1. The van der Waals surface area contributed by atoms with Crippen molar-refractivity contribution in [1.82, 2.24) is 4.90 Å². The van der Waals surface area contributed by atoms with Gasteiger partial charge in [-0.2, -0.15) is 0 Å². The van der Waals surface area contributed by atoms with Crippen molar-refractivity contribution in [2.24, 2.45) is 5.92 Å². The molecular weight excluding hydrogens is 355 g/mol. The van der Waals surface area contributed by atoms with Crippen molar-refractivity contribution in [1.29, 1.82) is 0 Å². The van der Waals surface area contributed by atoms with E-state index in [4.69, 9.17) is 0 Å². The summed E-state index contributed by atoms with van der Waals surface area (Å²) in [5.74, 6) is -1.06. The molecule has 1 unspecified atom stereocenters. The van der Waals surface area contributed by atoms with E-state index in [2.05, 4.69) is 6.92 Å². The Morgan fingerprint density at radius 1 is 1.00 bits per heavy atom. The summed E-state index contributed by atoms with van der Waals surface area (Å²) in [5, 5.41) is 0. The van der Waals surface area contributed by atoms with Crippen molar-refractivity contribution in [3.8, 4) is 0 Å². The number of para-hydroxylation sites is 1. The SMILES string of the molecule is Cc1ccc(C2=C(N3CCCC(C)C3)C(=O)N(c3ccccc3F)C2=O)cc1. The molecule has 1 atom stereocenters. The highest BCUT2D eigenvalue weighted by atomic mass is 19.1. The van der Waals surface area contributed by atoms with Gasteiger partial charge in [-0.1, -0.05) is 48.9 Å². The molecule has 2 aromatic rings. The third-order valence-corrected chi connectivity index (χ3v) is 5.47. The Bertz CT molecular complexity index is 965. The number of hydrogen-bond acceptors (Lipinski definition) is 3. The highest BCUT2D eigenvalue weighted by Crippen LogP contribution is 2.37. The summed E-state index contributed by atoms with van der Waals surface area (Å²) >= 11 is 0. The van der Waals surface area contributed by atoms with E-state index in [1.807, 2.05) is 36.1 Å². The van der Waals surface area contributed by atoms with Gasteiger partial charge in [-0.05, 0) is 43.4 Å². The van der Waals surface area contributed by atoms with Crippen molar-refractivity contribution in [3.63, 3.8) is 0 Å². The number of imide groups is 1. The number of hydrogen-bond donors (Lipinski definition) is 0. The lowest BCUT2D eigenvalue weighted by Gasteiger charge is -2.33. The second-order valence-corrected chi connectivity index (χ2v) is 7.68. The largest absolute Gasteiger partial charge is 0.366 e. The maximum Gasteiger partial charge on any atom is 0.282 e. The van der Waals surface area contributed by atoms with E-state index in [-0.39, 0.29) is 5.69 Å². The summed E-state index contributed by atoms with van der Waals surface area (Å²) in [6.45, 7) is 5.56. The average molecular weight is 378 g/mol. The number of likely N-dealkylation sites (tertiary alicyclic amines) is 1. The van der Waals surface area contributed by atoms with Crippen LogP contribution in [0.3, 0.4) is 0 Å². The minimum Gasteiger partial charge on any atom is -0.366 e. The maximum atomic E-state index is 14.4. The Kier molecular flexibility index (Phi) is 4.75. The zero-order valence-electron chi connectivity index (χ0n) is 16.1. The van der Waals surface area contributed by atoms with Gasteiger partial charge in [0.25, 0.3) is 11.8 Å². The maximum absolute atomic E-state index is 14.4. The van der Waals surface area contributed by atoms with E-state index < -0.39 is 17.6 Å². The number of nitrogens with zero attached hydrogens (tertiary/aromatic N) is 2. The number of amides is 2. The fraction of sp³-hybridized carbons (Fsp3) is 0.304. The van der Waals surface area contributed by atoms with E-state index >= 15 is 0 Å². The van der Waals surface area contributed by atoms with Gasteiger partial charge in [-0.3, -0.25) is 9.59 Å². The molecule has 28 heavy (non-hydrogen) atoms. The standard InChI is InChI=1S/C23H23FN2O2/c1-15-9-11-17(12-10-15)20-21(25-13-5-6-16(2)14-25)23(28)26(22(20)27)19-8-4-3-7-18(19)24/h3-4,7-12,16H,5-6,13-14H2,1-2H3. The molecule has 0 saturated carbocycles. The minimum atomic E-state index is -0.583. The Balaban J connectivity index is 1.85. The Morgan fingerprint density at radius 3 is 2.39 bits per heavy atom. The molecule has 4 nitrogen and oxygen atoms in total. The summed E-state index contributed by atoms with van der Waals surface area (Å²) in [6.07, 6.45) is 2.07. The summed E-state index contributed by atoms with van der Waals surface area (Å²) < 4.78 is 14.4. The van der Waals surface area contributed by atoms with Crippen LogP contribution in [0.25, 0.3) is 5.57 Å². The van der Waals surface area contributed by atoms with Crippen LogP contribution in [-0.4, -0.2) is 29.8 Å². The molecule has 0 bridgehead atoms. The topological polar surface area (TPSA) is 40.6 Å². The number of aryl methyl sites for hydroxylation is 1. The molecule has 0 aliphatic carbocycles. The molecule has 1 saturated heterocycles. The van der Waals surface area contributed by atoms with E-state index in [1.54, 1.807) is 12.1 Å². The number of carbonyl (C=O) groups excluding carboxylic acids is 2. The van der Waals surface area contributed by atoms with Gasteiger partial charge in [0.1, 0.15) is 11.5 Å². The average Bonchev–Trinajstić information content (AvgIpc) is 2.93. The predicted molar refractivity (Wildman–Crippen MR) is 107 cm³/mol. The van der Waals surface area contributed by atoms with Crippen LogP contribution in [0.2, 0.25) is 0 Å². The summed E-state index contributed by atoms with van der Waals surface area (Å²) in [5.41, 5.74) is 2.52. The van der Waals surface area contributed by atoms with Gasteiger partial charge in [-0.15, -0.1) is 0 Å². The van der Waals surface area contributed by atoms with Gasteiger partial charge in [0.2, 0.25) is 0 Å². The fourth-order valence-electron chi connectivity index (χ4n) is 4.04. The second kappa shape index (κ2) is 7.23. The lowest BCUT2D eigenvalue weighted by atomic mass is 9.97. The number of rotatable bonds is 3. The monoisotopic (exact) mass is 378 g/mol. The molecule has 2 heterocycles. The first-order chi connectivity index (χ1) is 13.5. The van der Waals surface area contributed by atoms with Crippen LogP contribution in [0.4, 0.5) is 10.1 Å². The number of benzene rings is 2. The molecule has 2 aliphatic heterocycles. The van der Waals surface area contributed by atoms with E-state index in [0.29, 0.717) is 22.8 Å². The summed E-state index contributed by atoms with van der Waals surface area (Å²) in [6, 6.07) is 13.5. The van der Waals surface area contributed by atoms with Crippen LogP contribution in [0.1, 0.15) is 30.9 Å². The number of halogens is 1. The van der Waals surface area contributed by atoms with Crippen molar-refractivity contribution in [2.45, 2.75) is 26.7 Å². The van der Waals surface area contributed by atoms with E-state index in [1.165, 1.54) is 12.1 Å². The number of piperidine rings is 1. The number of anilines is 1. The molecular formula is C23H23FN2O2. The highest BCUT2D eigenvalue weighted by Gasteiger charge is 2.43. The molecule has 0 spiro atoms. The van der Waals surface area contributed by atoms with Gasteiger partial charge in [-0.25, -0.2) is 9.29 Å². The van der Waals surface area contributed by atoms with Crippen molar-refractivity contribution < 1.29 is 14.0 Å². The smallest absolute Gasteiger partial charge is 0.282 e. The lowest BCUT2D eigenvalue weighted by molar-refractivity contribution is -0.120. The zero-order chi connectivity index (χ0) is 19.8. The molecule has 0 radical (unpaired) electrons. The van der Waals surface area contributed by atoms with Gasteiger partial charge in [0.05, 0.1) is 11.3 Å². The van der Waals surface area contributed by atoms with Crippen LogP contribution in [-0.2, 0) is 9.59 Å². The third kappa shape index (κ3) is 3.11. The van der Waals surface area contributed by atoms with Crippen LogP contribution in [0, 0.1) is 18.7 Å². The molecule has 5 heteroatoms. The van der Waals surface area contributed by atoms with Crippen LogP contribution in [0.15, 0.2) is 54.2 Å². The fourth-order valence-corrected chi connectivity index (χ4v) is 4.04. The van der Waals surface area contributed by atoms with Gasteiger partial charge in [0.15, 0.2) is 0 Å². The first-order valence-electron chi connectivity index (χ1n) is 9.67. The van der Waals surface area contributed by atoms with Crippen molar-refractivity contribution in [3.05, 3.63) is 71.2 Å². The number of carbonyl (C=O) groups is 2.